The van der Waals surface area contributed by atoms with Gasteiger partial charge < -0.3 is 10.9 Å². The molecule has 1 aromatic heterocycles. The average Bonchev–Trinajstić information content (AvgIpc) is 2.95. The van der Waals surface area contributed by atoms with E-state index in [2.05, 4.69) is 16.2 Å². The van der Waals surface area contributed by atoms with Gasteiger partial charge in [-0.1, -0.05) is 53.3 Å². The molecule has 0 aliphatic heterocycles. The van der Waals surface area contributed by atoms with Crippen LogP contribution in [0.4, 0.5) is 0 Å². The molecule has 0 unspecified atom stereocenters. The van der Waals surface area contributed by atoms with E-state index in [4.69, 9.17) is 10.9 Å². The highest BCUT2D eigenvalue weighted by Gasteiger charge is 2.05. The van der Waals surface area contributed by atoms with Gasteiger partial charge in [-0.3, -0.25) is 0 Å². The summed E-state index contributed by atoms with van der Waals surface area (Å²) in [6.45, 7) is 0. The number of fused-ring (bicyclic) bond motifs is 1. The Labute approximate surface area is 130 Å². The Kier molecular flexibility index (Phi) is 4.08. The van der Waals surface area contributed by atoms with Crippen molar-refractivity contribution in [3.8, 4) is 0 Å². The van der Waals surface area contributed by atoms with Gasteiger partial charge in [0, 0.05) is 11.3 Å². The number of para-hydroxylation sites is 1. The van der Waals surface area contributed by atoms with Gasteiger partial charge >= 0.3 is 0 Å². The number of nitrogens with zero attached hydrogens (tertiary/aromatic N) is 2. The summed E-state index contributed by atoms with van der Waals surface area (Å²) in [7, 11) is 0. The number of oxime groups is 1. The van der Waals surface area contributed by atoms with Crippen LogP contribution < -0.4 is 5.73 Å². The summed E-state index contributed by atoms with van der Waals surface area (Å²) in [6.07, 6.45) is 0. The summed E-state index contributed by atoms with van der Waals surface area (Å²) in [5.41, 5.74) is 8.48. The maximum absolute atomic E-state index is 8.63. The molecule has 4 nitrogen and oxygen atoms in total. The largest absolute Gasteiger partial charge is 0.409 e. The Morgan fingerprint density at radius 2 is 1.95 bits per heavy atom. The third kappa shape index (κ3) is 3.17. The Morgan fingerprint density at radius 3 is 2.67 bits per heavy atom. The van der Waals surface area contributed by atoms with Gasteiger partial charge in [-0.2, -0.15) is 0 Å². The van der Waals surface area contributed by atoms with Crippen LogP contribution in [0.2, 0.25) is 0 Å². The van der Waals surface area contributed by atoms with E-state index in [1.165, 1.54) is 10.3 Å². The molecule has 0 radical (unpaired) electrons. The Balaban J connectivity index is 1.69. The zero-order chi connectivity index (χ0) is 14.7. The quantitative estimate of drug-likeness (QED) is 0.253. The van der Waals surface area contributed by atoms with Crippen molar-refractivity contribution in [2.24, 2.45) is 10.9 Å². The lowest BCUT2D eigenvalue weighted by atomic mass is 10.1. The predicted octanol–water partition coefficient (Wildman–Crippen LogP) is 3.68. The number of rotatable bonds is 4. The van der Waals surface area contributed by atoms with E-state index in [0.29, 0.717) is 5.56 Å². The van der Waals surface area contributed by atoms with E-state index < -0.39 is 0 Å². The van der Waals surface area contributed by atoms with Crippen molar-refractivity contribution >= 4 is 39.2 Å². The third-order valence-corrected chi connectivity index (χ3v) is 5.24. The maximum Gasteiger partial charge on any atom is 0.170 e. The van der Waals surface area contributed by atoms with Gasteiger partial charge in [-0.15, -0.1) is 11.3 Å². The first kappa shape index (κ1) is 13.9. The van der Waals surface area contributed by atoms with Crippen LogP contribution in [0.3, 0.4) is 0 Å². The van der Waals surface area contributed by atoms with E-state index in [-0.39, 0.29) is 5.84 Å². The Hall–Kier alpha value is -2.05. The summed E-state index contributed by atoms with van der Waals surface area (Å²) >= 11 is 3.42. The van der Waals surface area contributed by atoms with Gasteiger partial charge in [-0.05, 0) is 17.7 Å². The molecular formula is C15H13N3OS2. The molecule has 6 heteroatoms. The lowest BCUT2D eigenvalue weighted by Gasteiger charge is -2.01. The van der Waals surface area contributed by atoms with Crippen LogP contribution in [0, 0.1) is 0 Å². The standard InChI is InChI=1S/C15H13N3OS2/c16-14(18-19)11-7-5-10(6-8-11)9-20-15-17-12-3-1-2-4-13(12)21-15/h1-8,19H,9H2,(H2,16,18). The van der Waals surface area contributed by atoms with E-state index >= 15 is 0 Å². The zero-order valence-electron chi connectivity index (χ0n) is 11.1. The zero-order valence-corrected chi connectivity index (χ0v) is 12.7. The molecular weight excluding hydrogens is 302 g/mol. The van der Waals surface area contributed by atoms with Crippen LogP contribution in [-0.2, 0) is 5.75 Å². The van der Waals surface area contributed by atoms with Crippen molar-refractivity contribution in [3.05, 3.63) is 59.7 Å². The summed E-state index contributed by atoms with van der Waals surface area (Å²) in [6, 6.07) is 15.8. The molecule has 0 aliphatic rings. The molecule has 1 heterocycles. The first-order chi connectivity index (χ1) is 10.3. The minimum atomic E-state index is 0.125. The molecule has 3 aromatic rings. The molecule has 0 atom stereocenters. The number of hydrogen-bond acceptors (Lipinski definition) is 5. The van der Waals surface area contributed by atoms with E-state index in [9.17, 15) is 0 Å². The van der Waals surface area contributed by atoms with E-state index in [1.54, 1.807) is 23.1 Å². The minimum Gasteiger partial charge on any atom is -0.409 e. The van der Waals surface area contributed by atoms with Gasteiger partial charge in [0.25, 0.3) is 0 Å². The molecule has 0 bridgehead atoms. The molecule has 0 saturated carbocycles. The fourth-order valence-electron chi connectivity index (χ4n) is 1.89. The fourth-order valence-corrected chi connectivity index (χ4v) is 3.91. The average molecular weight is 315 g/mol. The lowest BCUT2D eigenvalue weighted by Crippen LogP contribution is -2.12. The van der Waals surface area contributed by atoms with Crippen LogP contribution in [0.1, 0.15) is 11.1 Å². The second-order valence-electron chi connectivity index (χ2n) is 4.42. The maximum atomic E-state index is 8.63. The van der Waals surface area contributed by atoms with Crippen molar-refractivity contribution in [2.75, 3.05) is 0 Å². The van der Waals surface area contributed by atoms with Crippen LogP contribution in [-0.4, -0.2) is 16.0 Å². The Morgan fingerprint density at radius 1 is 1.19 bits per heavy atom. The summed E-state index contributed by atoms with van der Waals surface area (Å²) < 4.78 is 2.28. The summed E-state index contributed by atoms with van der Waals surface area (Å²) in [5, 5.41) is 11.6. The van der Waals surface area contributed by atoms with Crippen molar-refractivity contribution < 1.29 is 5.21 Å². The van der Waals surface area contributed by atoms with Gasteiger partial charge in [0.05, 0.1) is 10.2 Å². The molecule has 0 aliphatic carbocycles. The van der Waals surface area contributed by atoms with Crippen molar-refractivity contribution in [2.45, 2.75) is 10.1 Å². The molecule has 0 amide bonds. The topological polar surface area (TPSA) is 71.5 Å². The van der Waals surface area contributed by atoms with E-state index in [0.717, 1.165) is 15.6 Å². The second-order valence-corrected chi connectivity index (χ2v) is 6.67. The fraction of sp³-hybridized carbons (Fsp3) is 0.0667. The highest BCUT2D eigenvalue weighted by atomic mass is 32.2. The van der Waals surface area contributed by atoms with Gasteiger partial charge in [0.15, 0.2) is 10.2 Å². The number of thioether (sulfide) groups is 1. The molecule has 2 aromatic carbocycles. The molecule has 21 heavy (non-hydrogen) atoms. The number of benzene rings is 2. The molecule has 3 N–H and O–H groups in total. The molecule has 0 spiro atoms. The summed E-state index contributed by atoms with van der Waals surface area (Å²) in [5.74, 6) is 0.969. The monoisotopic (exact) mass is 315 g/mol. The second kappa shape index (κ2) is 6.15. The SMILES string of the molecule is N/C(=N\O)c1ccc(CSc2nc3ccccc3s2)cc1. The first-order valence-corrected chi connectivity index (χ1v) is 8.11. The minimum absolute atomic E-state index is 0.125. The number of hydrogen-bond donors (Lipinski definition) is 2. The van der Waals surface area contributed by atoms with Crippen molar-refractivity contribution in [1.82, 2.24) is 4.98 Å². The molecule has 3 rings (SSSR count). The smallest absolute Gasteiger partial charge is 0.170 e. The van der Waals surface area contributed by atoms with E-state index in [1.807, 2.05) is 42.5 Å². The highest BCUT2D eigenvalue weighted by molar-refractivity contribution is 8.00. The van der Waals surface area contributed by atoms with Crippen LogP contribution in [0.25, 0.3) is 10.2 Å². The number of amidine groups is 1. The first-order valence-electron chi connectivity index (χ1n) is 6.31. The van der Waals surface area contributed by atoms with Gasteiger partial charge in [0.2, 0.25) is 0 Å². The third-order valence-electron chi connectivity index (χ3n) is 2.99. The van der Waals surface area contributed by atoms with Crippen molar-refractivity contribution in [1.29, 1.82) is 0 Å². The normalized spacial score (nSPS) is 11.9. The van der Waals surface area contributed by atoms with Crippen molar-refractivity contribution in [3.63, 3.8) is 0 Å². The van der Waals surface area contributed by atoms with Crippen LogP contribution in [0.15, 0.2) is 58.0 Å². The lowest BCUT2D eigenvalue weighted by molar-refractivity contribution is 0.318. The van der Waals surface area contributed by atoms with Crippen LogP contribution >= 0.6 is 23.1 Å². The molecule has 0 saturated heterocycles. The number of nitrogens with two attached hydrogens (primary N) is 1. The van der Waals surface area contributed by atoms with Gasteiger partial charge in [0.1, 0.15) is 0 Å². The van der Waals surface area contributed by atoms with Crippen LogP contribution in [0.5, 0.6) is 0 Å². The molecule has 106 valence electrons. The molecule has 0 fully saturated rings. The number of thiazole rings is 1. The summed E-state index contributed by atoms with van der Waals surface area (Å²) in [4.78, 5) is 4.60. The van der Waals surface area contributed by atoms with Gasteiger partial charge in [-0.25, -0.2) is 4.98 Å². The highest BCUT2D eigenvalue weighted by Crippen LogP contribution is 2.31. The Bertz CT molecular complexity index is 748. The number of aromatic nitrogens is 1. The predicted molar refractivity (Wildman–Crippen MR) is 88.1 cm³/mol.